The van der Waals surface area contributed by atoms with Gasteiger partial charge in [0.05, 0.1) is 6.10 Å². The molecule has 2 N–H and O–H groups in total. The van der Waals surface area contributed by atoms with Crippen molar-refractivity contribution in [2.75, 3.05) is 6.54 Å². The van der Waals surface area contributed by atoms with Crippen LogP contribution in [0.2, 0.25) is 0 Å². The molecular formula is C17H23N3O2. The number of hydrogen-bond acceptors (Lipinski definition) is 3. The van der Waals surface area contributed by atoms with Gasteiger partial charge in [0.15, 0.2) is 0 Å². The molecule has 2 aromatic rings. The summed E-state index contributed by atoms with van der Waals surface area (Å²) in [5, 5.41) is 17.0. The van der Waals surface area contributed by atoms with Crippen LogP contribution in [0.5, 0.6) is 0 Å². The molecule has 1 unspecified atom stereocenters. The number of benzene rings is 1. The highest BCUT2D eigenvalue weighted by molar-refractivity contribution is 5.92. The summed E-state index contributed by atoms with van der Waals surface area (Å²) in [6, 6.07) is 11.5. The normalized spacial score (nSPS) is 12.4. The van der Waals surface area contributed by atoms with Gasteiger partial charge in [-0.1, -0.05) is 44.2 Å². The third-order valence-corrected chi connectivity index (χ3v) is 3.55. The van der Waals surface area contributed by atoms with Crippen LogP contribution in [0.4, 0.5) is 0 Å². The highest BCUT2D eigenvalue weighted by Gasteiger charge is 2.15. The molecule has 118 valence electrons. The summed E-state index contributed by atoms with van der Waals surface area (Å²) in [6.07, 6.45) is -0.0970. The largest absolute Gasteiger partial charge is 0.391 e. The van der Waals surface area contributed by atoms with Crippen LogP contribution in [0.1, 0.15) is 41.5 Å². The van der Waals surface area contributed by atoms with Crippen molar-refractivity contribution in [2.24, 2.45) is 7.05 Å². The average Bonchev–Trinajstić information content (AvgIpc) is 2.88. The van der Waals surface area contributed by atoms with Crippen molar-refractivity contribution in [1.29, 1.82) is 0 Å². The number of hydrogen-bond donors (Lipinski definition) is 2. The minimum Gasteiger partial charge on any atom is -0.391 e. The molecule has 5 heteroatoms. The number of aromatic nitrogens is 2. The van der Waals surface area contributed by atoms with Gasteiger partial charge < -0.3 is 10.4 Å². The molecular weight excluding hydrogens is 278 g/mol. The summed E-state index contributed by atoms with van der Waals surface area (Å²) in [6.45, 7) is 4.33. The van der Waals surface area contributed by atoms with E-state index in [-0.39, 0.29) is 12.5 Å². The Balaban J connectivity index is 1.88. The standard InChI is InChI=1S/C17H23N3O2/c1-12(2)16-10-15(19-20(16)3)17(22)18-11-14(21)9-13-7-5-4-6-8-13/h4-8,10,12,14,21H,9,11H2,1-3H3,(H,18,22). The first-order valence-corrected chi connectivity index (χ1v) is 7.51. The Labute approximate surface area is 131 Å². The second kappa shape index (κ2) is 7.22. The number of carbonyl (C=O) groups excluding carboxylic acids is 1. The first-order chi connectivity index (χ1) is 10.5. The second-order valence-corrected chi connectivity index (χ2v) is 5.79. The summed E-state index contributed by atoms with van der Waals surface area (Å²) < 4.78 is 1.72. The first kappa shape index (κ1) is 16.2. The summed E-state index contributed by atoms with van der Waals surface area (Å²) in [5.41, 5.74) is 2.44. The van der Waals surface area contributed by atoms with E-state index in [2.05, 4.69) is 24.3 Å². The Morgan fingerprint density at radius 1 is 1.32 bits per heavy atom. The molecule has 0 aliphatic rings. The van der Waals surface area contributed by atoms with Crippen LogP contribution in [0.15, 0.2) is 36.4 Å². The van der Waals surface area contributed by atoms with Gasteiger partial charge in [0.25, 0.3) is 5.91 Å². The lowest BCUT2D eigenvalue weighted by Crippen LogP contribution is -2.33. The third-order valence-electron chi connectivity index (χ3n) is 3.55. The molecule has 1 amide bonds. The third kappa shape index (κ3) is 4.18. The molecule has 1 atom stereocenters. The van der Waals surface area contributed by atoms with Gasteiger partial charge in [-0.15, -0.1) is 0 Å². The van der Waals surface area contributed by atoms with Crippen LogP contribution in [-0.2, 0) is 13.5 Å². The number of carbonyl (C=O) groups is 1. The molecule has 1 aromatic carbocycles. The summed E-state index contributed by atoms with van der Waals surface area (Å²) >= 11 is 0. The van der Waals surface area contributed by atoms with Gasteiger partial charge in [-0.3, -0.25) is 9.48 Å². The summed E-state index contributed by atoms with van der Waals surface area (Å²) in [7, 11) is 1.83. The Bertz CT molecular complexity index is 620. The zero-order chi connectivity index (χ0) is 16.1. The minimum absolute atomic E-state index is 0.210. The van der Waals surface area contributed by atoms with Crippen molar-refractivity contribution in [3.8, 4) is 0 Å². The fourth-order valence-electron chi connectivity index (χ4n) is 2.39. The van der Waals surface area contributed by atoms with Crippen molar-refractivity contribution in [3.05, 3.63) is 53.3 Å². The lowest BCUT2D eigenvalue weighted by Gasteiger charge is -2.11. The molecule has 0 bridgehead atoms. The van der Waals surface area contributed by atoms with E-state index in [0.29, 0.717) is 18.0 Å². The topological polar surface area (TPSA) is 67.2 Å². The van der Waals surface area contributed by atoms with E-state index in [4.69, 9.17) is 0 Å². The van der Waals surface area contributed by atoms with Gasteiger partial charge in [0, 0.05) is 25.7 Å². The highest BCUT2D eigenvalue weighted by Crippen LogP contribution is 2.14. The molecule has 0 aliphatic carbocycles. The number of aliphatic hydroxyl groups excluding tert-OH is 1. The predicted molar refractivity (Wildman–Crippen MR) is 85.8 cm³/mol. The summed E-state index contributed by atoms with van der Waals surface area (Å²) in [5.74, 6) is 0.0531. The Kier molecular flexibility index (Phi) is 5.33. The number of aryl methyl sites for hydroxylation is 1. The SMILES string of the molecule is CC(C)c1cc(C(=O)NCC(O)Cc2ccccc2)nn1C. The fraction of sp³-hybridized carbons (Fsp3) is 0.412. The minimum atomic E-state index is -0.611. The van der Waals surface area contributed by atoms with Gasteiger partial charge in [0.2, 0.25) is 0 Å². The maximum Gasteiger partial charge on any atom is 0.271 e. The molecule has 0 fully saturated rings. The smallest absolute Gasteiger partial charge is 0.271 e. The van der Waals surface area contributed by atoms with E-state index in [0.717, 1.165) is 11.3 Å². The molecule has 0 saturated heterocycles. The van der Waals surface area contributed by atoms with Crippen LogP contribution in [0.25, 0.3) is 0 Å². The van der Waals surface area contributed by atoms with Crippen molar-refractivity contribution in [3.63, 3.8) is 0 Å². The van der Waals surface area contributed by atoms with Gasteiger partial charge in [-0.25, -0.2) is 0 Å². The molecule has 2 rings (SSSR count). The van der Waals surface area contributed by atoms with Crippen LogP contribution in [0, 0.1) is 0 Å². The first-order valence-electron chi connectivity index (χ1n) is 7.51. The van der Waals surface area contributed by atoms with E-state index < -0.39 is 6.10 Å². The zero-order valence-corrected chi connectivity index (χ0v) is 13.3. The maximum atomic E-state index is 12.1. The number of nitrogens with zero attached hydrogens (tertiary/aromatic N) is 2. The molecule has 22 heavy (non-hydrogen) atoms. The van der Waals surface area contributed by atoms with Crippen molar-refractivity contribution >= 4 is 5.91 Å². The van der Waals surface area contributed by atoms with E-state index in [1.165, 1.54) is 0 Å². The van der Waals surface area contributed by atoms with Gasteiger partial charge in [-0.2, -0.15) is 5.10 Å². The predicted octanol–water partition coefficient (Wildman–Crippen LogP) is 1.88. The quantitative estimate of drug-likeness (QED) is 0.856. The maximum absolute atomic E-state index is 12.1. The van der Waals surface area contributed by atoms with Gasteiger partial charge >= 0.3 is 0 Å². The molecule has 5 nitrogen and oxygen atoms in total. The van der Waals surface area contributed by atoms with Crippen molar-refractivity contribution < 1.29 is 9.90 Å². The van der Waals surface area contributed by atoms with E-state index >= 15 is 0 Å². The highest BCUT2D eigenvalue weighted by atomic mass is 16.3. The lowest BCUT2D eigenvalue weighted by molar-refractivity contribution is 0.0910. The summed E-state index contributed by atoms with van der Waals surface area (Å²) in [4.78, 5) is 12.1. The van der Waals surface area contributed by atoms with E-state index in [1.807, 2.05) is 37.4 Å². The second-order valence-electron chi connectivity index (χ2n) is 5.79. The van der Waals surface area contributed by atoms with Gasteiger partial charge in [0.1, 0.15) is 5.69 Å². The molecule has 0 saturated carbocycles. The van der Waals surface area contributed by atoms with E-state index in [9.17, 15) is 9.90 Å². The Morgan fingerprint density at radius 2 is 2.00 bits per heavy atom. The monoisotopic (exact) mass is 301 g/mol. The molecule has 0 spiro atoms. The zero-order valence-electron chi connectivity index (χ0n) is 13.3. The molecule has 1 heterocycles. The Hall–Kier alpha value is -2.14. The molecule has 1 aromatic heterocycles. The van der Waals surface area contributed by atoms with Crippen LogP contribution >= 0.6 is 0 Å². The Morgan fingerprint density at radius 3 is 2.59 bits per heavy atom. The number of nitrogens with one attached hydrogen (secondary N) is 1. The lowest BCUT2D eigenvalue weighted by atomic mass is 10.1. The van der Waals surface area contributed by atoms with Crippen LogP contribution in [0.3, 0.4) is 0 Å². The number of amides is 1. The van der Waals surface area contributed by atoms with Crippen LogP contribution in [-0.4, -0.2) is 33.4 Å². The average molecular weight is 301 g/mol. The molecule has 0 radical (unpaired) electrons. The van der Waals surface area contributed by atoms with Gasteiger partial charge in [-0.05, 0) is 17.5 Å². The molecule has 0 aliphatic heterocycles. The van der Waals surface area contributed by atoms with E-state index in [1.54, 1.807) is 10.7 Å². The number of aliphatic hydroxyl groups is 1. The van der Waals surface area contributed by atoms with Crippen molar-refractivity contribution in [2.45, 2.75) is 32.3 Å². The van der Waals surface area contributed by atoms with Crippen LogP contribution < -0.4 is 5.32 Å². The fourth-order valence-corrected chi connectivity index (χ4v) is 2.39. The van der Waals surface area contributed by atoms with Crippen molar-refractivity contribution in [1.82, 2.24) is 15.1 Å². The number of rotatable bonds is 6.